The number of carbonyl (C=O) groups excluding carboxylic acids is 2. The molecule has 2 aliphatic heterocycles. The molecule has 1 aromatic carbocycles. The molecule has 1 spiro atoms. The average molecular weight is 379 g/mol. The van der Waals surface area contributed by atoms with Gasteiger partial charge in [0.05, 0.1) is 12.5 Å². The fraction of sp³-hybridized carbons (Fsp3) is 0.409. The Morgan fingerprint density at radius 3 is 2.89 bits per heavy atom. The van der Waals surface area contributed by atoms with Crippen molar-refractivity contribution in [2.45, 2.75) is 43.7 Å². The maximum atomic E-state index is 12.7. The largest absolute Gasteiger partial charge is 0.487 e. The Labute approximate surface area is 164 Å². The van der Waals surface area contributed by atoms with Crippen LogP contribution in [0.4, 0.5) is 0 Å². The van der Waals surface area contributed by atoms with Gasteiger partial charge in [-0.2, -0.15) is 0 Å². The predicted molar refractivity (Wildman–Crippen MR) is 105 cm³/mol. The lowest BCUT2D eigenvalue weighted by molar-refractivity contribution is -0.129. The molecule has 28 heavy (non-hydrogen) atoms. The fourth-order valence-corrected chi connectivity index (χ4v) is 4.11. The maximum Gasteiger partial charge on any atom is 0.226 e. The van der Waals surface area contributed by atoms with E-state index in [4.69, 9.17) is 4.74 Å². The molecule has 146 valence electrons. The first-order valence-electron chi connectivity index (χ1n) is 9.76. The average Bonchev–Trinajstić information content (AvgIpc) is 2.83. The molecule has 2 aromatic rings. The molecule has 6 nitrogen and oxygen atoms in total. The molecular weight excluding hydrogens is 354 g/mol. The summed E-state index contributed by atoms with van der Waals surface area (Å²) in [5.41, 5.74) is 1.31. The molecule has 2 atom stereocenters. The van der Waals surface area contributed by atoms with Crippen LogP contribution < -0.4 is 10.1 Å². The Kier molecular flexibility index (Phi) is 5.03. The van der Waals surface area contributed by atoms with Gasteiger partial charge >= 0.3 is 0 Å². The fourth-order valence-electron chi connectivity index (χ4n) is 4.11. The van der Waals surface area contributed by atoms with E-state index >= 15 is 0 Å². The van der Waals surface area contributed by atoms with Crippen LogP contribution in [0.2, 0.25) is 0 Å². The Morgan fingerprint density at radius 2 is 2.07 bits per heavy atom. The Bertz CT molecular complexity index is 870. The number of ether oxygens (including phenoxy) is 1. The number of rotatable bonds is 3. The summed E-state index contributed by atoms with van der Waals surface area (Å²) in [5, 5.41) is 3.18. The summed E-state index contributed by atoms with van der Waals surface area (Å²) in [6.07, 6.45) is 4.49. The van der Waals surface area contributed by atoms with Gasteiger partial charge in [-0.3, -0.25) is 14.6 Å². The number of para-hydroxylation sites is 1. The molecule has 1 N–H and O–H groups in total. The number of carbonyl (C=O) groups is 2. The smallest absolute Gasteiger partial charge is 0.226 e. The molecule has 0 bridgehead atoms. The summed E-state index contributed by atoms with van der Waals surface area (Å²) in [5.74, 6) is 0.890. The van der Waals surface area contributed by atoms with E-state index in [0.29, 0.717) is 25.8 Å². The van der Waals surface area contributed by atoms with E-state index in [0.717, 1.165) is 23.4 Å². The SMILES string of the molecule is CN1CC[C@@]2(CCC1=O)C[C@H](NC(=O)Cc1ccccn1)c1ccccc1O2. The number of hydrogen-bond acceptors (Lipinski definition) is 4. The third-order valence-corrected chi connectivity index (χ3v) is 5.72. The first kappa shape index (κ1) is 18.5. The lowest BCUT2D eigenvalue weighted by atomic mass is 9.82. The second-order valence-electron chi connectivity index (χ2n) is 7.71. The van der Waals surface area contributed by atoms with Crippen LogP contribution in [-0.2, 0) is 16.0 Å². The quantitative estimate of drug-likeness (QED) is 0.890. The van der Waals surface area contributed by atoms with Gasteiger partial charge in [0.2, 0.25) is 11.8 Å². The number of benzene rings is 1. The molecule has 4 rings (SSSR count). The highest BCUT2D eigenvalue weighted by Gasteiger charge is 2.43. The summed E-state index contributed by atoms with van der Waals surface area (Å²) in [4.78, 5) is 30.8. The van der Waals surface area contributed by atoms with Gasteiger partial charge in [-0.05, 0) is 24.6 Å². The van der Waals surface area contributed by atoms with E-state index in [2.05, 4.69) is 10.3 Å². The zero-order valence-corrected chi connectivity index (χ0v) is 16.1. The summed E-state index contributed by atoms with van der Waals surface area (Å²) in [6.45, 7) is 0.662. The molecule has 1 aromatic heterocycles. The standard InChI is InChI=1S/C22H25N3O3/c1-25-13-11-22(10-9-21(25)27)15-18(17-7-2-3-8-19(17)28-22)24-20(26)14-16-6-4-5-12-23-16/h2-8,12,18H,9-11,13-15H2,1H3,(H,24,26)/t18-,22-/m0/s1. The van der Waals surface area contributed by atoms with Crippen LogP contribution in [0.15, 0.2) is 48.7 Å². The van der Waals surface area contributed by atoms with Gasteiger partial charge in [-0.1, -0.05) is 24.3 Å². The van der Waals surface area contributed by atoms with Crippen LogP contribution in [0.3, 0.4) is 0 Å². The number of likely N-dealkylation sites (tertiary alicyclic amines) is 1. The number of aromatic nitrogens is 1. The van der Waals surface area contributed by atoms with Gasteiger partial charge in [0.1, 0.15) is 11.4 Å². The van der Waals surface area contributed by atoms with Crippen LogP contribution in [0, 0.1) is 0 Å². The van der Waals surface area contributed by atoms with Gasteiger partial charge in [-0.15, -0.1) is 0 Å². The van der Waals surface area contributed by atoms with Crippen molar-refractivity contribution in [1.29, 1.82) is 0 Å². The van der Waals surface area contributed by atoms with E-state index in [1.54, 1.807) is 11.1 Å². The van der Waals surface area contributed by atoms with Crippen molar-refractivity contribution in [1.82, 2.24) is 15.2 Å². The van der Waals surface area contributed by atoms with Crippen LogP contribution in [0.25, 0.3) is 0 Å². The van der Waals surface area contributed by atoms with Crippen LogP contribution in [0.5, 0.6) is 5.75 Å². The van der Waals surface area contributed by atoms with Gasteiger partial charge in [0.25, 0.3) is 0 Å². The predicted octanol–water partition coefficient (Wildman–Crippen LogP) is 2.65. The number of nitrogens with one attached hydrogen (secondary N) is 1. The van der Waals surface area contributed by atoms with Crippen LogP contribution in [0.1, 0.15) is 43.0 Å². The van der Waals surface area contributed by atoms with Crippen LogP contribution >= 0.6 is 0 Å². The molecule has 6 heteroatoms. The van der Waals surface area contributed by atoms with Gasteiger partial charge in [-0.25, -0.2) is 0 Å². The minimum Gasteiger partial charge on any atom is -0.487 e. The zero-order valence-electron chi connectivity index (χ0n) is 16.1. The molecule has 2 aliphatic rings. The van der Waals surface area contributed by atoms with Gasteiger partial charge < -0.3 is 15.0 Å². The molecule has 1 saturated heterocycles. The Morgan fingerprint density at radius 1 is 1.25 bits per heavy atom. The van der Waals surface area contributed by atoms with E-state index < -0.39 is 5.60 Å². The molecule has 0 radical (unpaired) electrons. The highest BCUT2D eigenvalue weighted by atomic mass is 16.5. The number of hydrogen-bond donors (Lipinski definition) is 1. The van der Waals surface area contributed by atoms with E-state index in [-0.39, 0.29) is 24.3 Å². The summed E-state index contributed by atoms with van der Waals surface area (Å²) >= 11 is 0. The first-order valence-corrected chi connectivity index (χ1v) is 9.76. The van der Waals surface area contributed by atoms with Crippen molar-refractivity contribution < 1.29 is 14.3 Å². The molecule has 0 saturated carbocycles. The first-order chi connectivity index (χ1) is 13.5. The zero-order chi connectivity index (χ0) is 19.6. The topological polar surface area (TPSA) is 71.5 Å². The second-order valence-corrected chi connectivity index (χ2v) is 7.71. The minimum atomic E-state index is -0.433. The maximum absolute atomic E-state index is 12.7. The molecule has 2 amide bonds. The van der Waals surface area contributed by atoms with E-state index in [9.17, 15) is 9.59 Å². The van der Waals surface area contributed by atoms with Crippen molar-refractivity contribution >= 4 is 11.8 Å². The summed E-state index contributed by atoms with van der Waals surface area (Å²) < 4.78 is 6.42. The second kappa shape index (κ2) is 7.62. The molecular formula is C22H25N3O3. The number of nitrogens with zero attached hydrogens (tertiary/aromatic N) is 2. The van der Waals surface area contributed by atoms with Crippen molar-refractivity contribution in [3.05, 3.63) is 59.9 Å². The Balaban J connectivity index is 1.55. The Hall–Kier alpha value is -2.89. The van der Waals surface area contributed by atoms with E-state index in [1.165, 1.54) is 0 Å². The molecule has 0 unspecified atom stereocenters. The van der Waals surface area contributed by atoms with Crippen molar-refractivity contribution in [2.75, 3.05) is 13.6 Å². The number of pyridine rings is 1. The van der Waals surface area contributed by atoms with Crippen LogP contribution in [-0.4, -0.2) is 40.9 Å². The third-order valence-electron chi connectivity index (χ3n) is 5.72. The van der Waals surface area contributed by atoms with Crippen molar-refractivity contribution in [2.24, 2.45) is 0 Å². The monoisotopic (exact) mass is 379 g/mol. The van der Waals surface area contributed by atoms with E-state index in [1.807, 2.05) is 49.5 Å². The lowest BCUT2D eigenvalue weighted by Gasteiger charge is -2.42. The normalized spacial score (nSPS) is 24.2. The number of amides is 2. The molecule has 1 fully saturated rings. The van der Waals surface area contributed by atoms with Crippen molar-refractivity contribution in [3.8, 4) is 5.75 Å². The highest BCUT2D eigenvalue weighted by Crippen LogP contribution is 2.44. The van der Waals surface area contributed by atoms with Gasteiger partial charge in [0, 0.05) is 50.3 Å². The minimum absolute atomic E-state index is 0.0580. The highest BCUT2D eigenvalue weighted by molar-refractivity contribution is 5.79. The summed E-state index contributed by atoms with van der Waals surface area (Å²) in [7, 11) is 1.84. The summed E-state index contributed by atoms with van der Waals surface area (Å²) in [6, 6.07) is 13.3. The van der Waals surface area contributed by atoms with Crippen molar-refractivity contribution in [3.63, 3.8) is 0 Å². The number of fused-ring (bicyclic) bond motifs is 1. The molecule has 3 heterocycles. The van der Waals surface area contributed by atoms with Gasteiger partial charge in [0.15, 0.2) is 0 Å². The lowest BCUT2D eigenvalue weighted by Crippen LogP contribution is -2.46. The molecule has 0 aliphatic carbocycles. The third kappa shape index (κ3) is 3.86.